The van der Waals surface area contributed by atoms with E-state index in [0.717, 1.165) is 35.7 Å². The Labute approximate surface area is 106 Å². The lowest BCUT2D eigenvalue weighted by molar-refractivity contribution is 0.749. The van der Waals surface area contributed by atoms with Crippen LogP contribution in [-0.2, 0) is 18.7 Å². The number of hydrogen-bond acceptors (Lipinski definition) is 3. The second-order valence-corrected chi connectivity index (χ2v) is 4.03. The molecule has 0 aliphatic carbocycles. The van der Waals surface area contributed by atoms with Crippen LogP contribution in [0.5, 0.6) is 0 Å². The Kier molecular flexibility index (Phi) is 3.74. The highest BCUT2D eigenvalue weighted by molar-refractivity contribution is 6.16. The summed E-state index contributed by atoms with van der Waals surface area (Å²) in [6.45, 7) is 4.20. The fourth-order valence-electron chi connectivity index (χ4n) is 1.64. The molecule has 0 aliphatic rings. The first-order chi connectivity index (χ1) is 8.28. The van der Waals surface area contributed by atoms with Crippen molar-refractivity contribution < 1.29 is 0 Å². The number of aryl methyl sites for hydroxylation is 2. The van der Waals surface area contributed by atoms with Crippen molar-refractivity contribution in [3.8, 4) is 5.82 Å². The number of aromatic nitrogens is 4. The van der Waals surface area contributed by atoms with Gasteiger partial charge in [-0.1, -0.05) is 13.8 Å². The summed E-state index contributed by atoms with van der Waals surface area (Å²) in [6.07, 6.45) is 1.85. The molecule has 0 bridgehead atoms. The number of hydrogen-bond donors (Lipinski definition) is 0. The number of halogens is 1. The lowest BCUT2D eigenvalue weighted by Gasteiger charge is -2.03. The van der Waals surface area contributed by atoms with Crippen molar-refractivity contribution in [2.24, 2.45) is 0 Å². The summed E-state index contributed by atoms with van der Waals surface area (Å²) in [6, 6.07) is 5.88. The van der Waals surface area contributed by atoms with E-state index in [9.17, 15) is 0 Å². The minimum atomic E-state index is 0.382. The Morgan fingerprint density at radius 2 is 1.94 bits per heavy atom. The molecule has 0 radical (unpaired) electrons. The zero-order valence-electron chi connectivity index (χ0n) is 10.0. The Morgan fingerprint density at radius 3 is 2.47 bits per heavy atom. The molecule has 0 aromatic carbocycles. The highest BCUT2D eigenvalue weighted by atomic mass is 35.5. The highest BCUT2D eigenvalue weighted by Gasteiger charge is 2.08. The molecule has 4 nitrogen and oxygen atoms in total. The summed E-state index contributed by atoms with van der Waals surface area (Å²) >= 11 is 5.69. The maximum Gasteiger partial charge on any atom is 0.175 e. The molecule has 2 aromatic heterocycles. The van der Waals surface area contributed by atoms with Gasteiger partial charge in [0.25, 0.3) is 0 Å². The van der Waals surface area contributed by atoms with E-state index in [1.165, 1.54) is 0 Å². The molecule has 0 amide bonds. The average molecular weight is 251 g/mol. The second-order valence-electron chi connectivity index (χ2n) is 3.76. The first-order valence-electron chi connectivity index (χ1n) is 5.75. The molecule has 0 fully saturated rings. The van der Waals surface area contributed by atoms with E-state index in [1.54, 1.807) is 0 Å². The van der Waals surface area contributed by atoms with E-state index >= 15 is 0 Å². The van der Waals surface area contributed by atoms with Gasteiger partial charge in [0, 0.05) is 5.69 Å². The van der Waals surface area contributed by atoms with Crippen LogP contribution in [0.25, 0.3) is 5.82 Å². The largest absolute Gasteiger partial charge is 0.217 e. The SMILES string of the molecule is CCc1cc(CC)n(-c2ccc(CCl)nn2)n1. The fraction of sp³-hybridized carbons (Fsp3) is 0.417. The molecule has 0 saturated carbocycles. The van der Waals surface area contributed by atoms with Gasteiger partial charge < -0.3 is 0 Å². The standard InChI is InChI=1S/C12H15ClN4/c1-3-9-7-11(4-2)17(16-9)12-6-5-10(8-13)14-15-12/h5-7H,3-4,8H2,1-2H3. The van der Waals surface area contributed by atoms with Gasteiger partial charge in [-0.2, -0.15) is 10.2 Å². The van der Waals surface area contributed by atoms with Crippen LogP contribution in [0.15, 0.2) is 18.2 Å². The molecule has 0 N–H and O–H groups in total. The van der Waals surface area contributed by atoms with E-state index in [2.05, 4.69) is 35.2 Å². The number of rotatable bonds is 4. The van der Waals surface area contributed by atoms with Gasteiger partial charge in [-0.05, 0) is 31.0 Å². The first kappa shape index (κ1) is 12.0. The molecule has 17 heavy (non-hydrogen) atoms. The minimum Gasteiger partial charge on any atom is -0.217 e. The van der Waals surface area contributed by atoms with Crippen molar-refractivity contribution >= 4 is 11.6 Å². The van der Waals surface area contributed by atoms with Crippen molar-refractivity contribution in [3.63, 3.8) is 0 Å². The third-order valence-corrected chi connectivity index (χ3v) is 2.89. The van der Waals surface area contributed by atoms with Gasteiger partial charge in [-0.15, -0.1) is 16.7 Å². The van der Waals surface area contributed by atoms with Crippen LogP contribution < -0.4 is 0 Å². The predicted molar refractivity (Wildman–Crippen MR) is 67.5 cm³/mol. The van der Waals surface area contributed by atoms with Crippen molar-refractivity contribution in [1.82, 2.24) is 20.0 Å². The van der Waals surface area contributed by atoms with Crippen LogP contribution in [0.1, 0.15) is 30.9 Å². The molecule has 0 aliphatic heterocycles. The summed E-state index contributed by atoms with van der Waals surface area (Å²) in [4.78, 5) is 0. The first-order valence-corrected chi connectivity index (χ1v) is 6.28. The second kappa shape index (κ2) is 5.27. The van der Waals surface area contributed by atoms with Crippen LogP contribution in [0.3, 0.4) is 0 Å². The van der Waals surface area contributed by atoms with Crippen LogP contribution in [0.2, 0.25) is 0 Å². The molecule has 0 saturated heterocycles. The summed E-state index contributed by atoms with van der Waals surface area (Å²) < 4.78 is 1.85. The zero-order chi connectivity index (χ0) is 12.3. The van der Waals surface area contributed by atoms with Crippen LogP contribution in [-0.4, -0.2) is 20.0 Å². The van der Waals surface area contributed by atoms with Gasteiger partial charge >= 0.3 is 0 Å². The van der Waals surface area contributed by atoms with Gasteiger partial charge in [0.1, 0.15) is 0 Å². The molecule has 0 unspecified atom stereocenters. The van der Waals surface area contributed by atoms with Crippen LogP contribution in [0, 0.1) is 0 Å². The Bertz CT molecular complexity index is 490. The fourth-order valence-corrected chi connectivity index (χ4v) is 1.78. The summed E-state index contributed by atoms with van der Waals surface area (Å²) in [5.74, 6) is 1.13. The lowest BCUT2D eigenvalue weighted by atomic mass is 10.2. The molecular formula is C12H15ClN4. The Balaban J connectivity index is 2.40. The monoisotopic (exact) mass is 250 g/mol. The van der Waals surface area contributed by atoms with Gasteiger partial charge in [-0.3, -0.25) is 0 Å². The van der Waals surface area contributed by atoms with E-state index < -0.39 is 0 Å². The third kappa shape index (κ3) is 2.47. The van der Waals surface area contributed by atoms with E-state index in [4.69, 9.17) is 11.6 Å². The normalized spacial score (nSPS) is 10.8. The van der Waals surface area contributed by atoms with Gasteiger partial charge in [0.15, 0.2) is 5.82 Å². The van der Waals surface area contributed by atoms with E-state index in [-0.39, 0.29) is 0 Å². The van der Waals surface area contributed by atoms with E-state index in [0.29, 0.717) is 5.88 Å². The quantitative estimate of drug-likeness (QED) is 0.784. The third-order valence-electron chi connectivity index (χ3n) is 2.62. The van der Waals surface area contributed by atoms with Crippen molar-refractivity contribution in [2.75, 3.05) is 0 Å². The molecule has 2 rings (SSSR count). The van der Waals surface area contributed by atoms with Gasteiger partial charge in [-0.25, -0.2) is 4.68 Å². The highest BCUT2D eigenvalue weighted by Crippen LogP contribution is 2.12. The lowest BCUT2D eigenvalue weighted by Crippen LogP contribution is -2.05. The van der Waals surface area contributed by atoms with Crippen molar-refractivity contribution in [3.05, 3.63) is 35.3 Å². The van der Waals surface area contributed by atoms with Gasteiger partial charge in [0.05, 0.1) is 17.3 Å². The molecule has 5 heteroatoms. The summed E-state index contributed by atoms with van der Waals surface area (Å²) in [5, 5.41) is 12.7. The Hall–Kier alpha value is -1.42. The molecule has 0 spiro atoms. The zero-order valence-corrected chi connectivity index (χ0v) is 10.8. The molecule has 2 aromatic rings. The minimum absolute atomic E-state index is 0.382. The summed E-state index contributed by atoms with van der Waals surface area (Å²) in [5.41, 5.74) is 3.00. The predicted octanol–water partition coefficient (Wildman–Crippen LogP) is 2.53. The van der Waals surface area contributed by atoms with E-state index in [1.807, 2.05) is 16.8 Å². The van der Waals surface area contributed by atoms with Gasteiger partial charge in [0.2, 0.25) is 0 Å². The topological polar surface area (TPSA) is 43.6 Å². The maximum atomic E-state index is 5.69. The molecule has 90 valence electrons. The smallest absolute Gasteiger partial charge is 0.175 e. The van der Waals surface area contributed by atoms with Crippen molar-refractivity contribution in [1.29, 1.82) is 0 Å². The Morgan fingerprint density at radius 1 is 1.12 bits per heavy atom. The number of nitrogens with zero attached hydrogens (tertiary/aromatic N) is 4. The van der Waals surface area contributed by atoms with Crippen LogP contribution in [0.4, 0.5) is 0 Å². The molecule has 2 heterocycles. The number of alkyl halides is 1. The van der Waals surface area contributed by atoms with Crippen molar-refractivity contribution in [2.45, 2.75) is 32.6 Å². The maximum absolute atomic E-state index is 5.69. The van der Waals surface area contributed by atoms with Crippen LogP contribution >= 0.6 is 11.6 Å². The average Bonchev–Trinajstić information content (AvgIpc) is 2.82. The molecular weight excluding hydrogens is 236 g/mol. The molecule has 0 atom stereocenters. The summed E-state index contributed by atoms with van der Waals surface area (Å²) in [7, 11) is 0.